The maximum Gasteiger partial charge on any atom is 0.338 e. The fourth-order valence-corrected chi connectivity index (χ4v) is 2.88. The highest BCUT2D eigenvalue weighted by molar-refractivity contribution is 5.90. The topological polar surface area (TPSA) is 68.5 Å². The van der Waals surface area contributed by atoms with E-state index in [0.29, 0.717) is 29.3 Å². The van der Waals surface area contributed by atoms with E-state index in [4.69, 9.17) is 4.74 Å². The minimum atomic E-state index is -0.359. The van der Waals surface area contributed by atoms with Crippen molar-refractivity contribution in [3.8, 4) is 11.3 Å². The van der Waals surface area contributed by atoms with Crippen molar-refractivity contribution in [1.29, 1.82) is 0 Å². The molecule has 4 rings (SSSR count). The molecule has 0 saturated heterocycles. The zero-order valence-corrected chi connectivity index (χ0v) is 15.1. The quantitative estimate of drug-likeness (QED) is 0.521. The number of ether oxygens (including phenoxy) is 1. The van der Waals surface area contributed by atoms with Crippen LogP contribution >= 0.6 is 0 Å². The Morgan fingerprint density at radius 3 is 2.61 bits per heavy atom. The largest absolute Gasteiger partial charge is 0.462 e. The van der Waals surface area contributed by atoms with Crippen molar-refractivity contribution in [2.75, 3.05) is 11.9 Å². The number of aromatic nitrogens is 3. The van der Waals surface area contributed by atoms with Gasteiger partial charge in [0.15, 0.2) is 5.65 Å². The molecule has 0 saturated carbocycles. The summed E-state index contributed by atoms with van der Waals surface area (Å²) in [5, 5.41) is 3.33. The standard InChI is InChI=1S/C21H17FN4O2/c1-2-28-21(27)15-5-9-17(10-6-15)24-20-19(14-3-7-16(22)8-4-14)25-18-13-23-11-12-26(18)20/h3-13,24H,2H2,1H3. The van der Waals surface area contributed by atoms with Crippen molar-refractivity contribution in [2.24, 2.45) is 0 Å². The van der Waals surface area contributed by atoms with Gasteiger partial charge in [-0.15, -0.1) is 0 Å². The number of anilines is 2. The fourth-order valence-electron chi connectivity index (χ4n) is 2.88. The highest BCUT2D eigenvalue weighted by Crippen LogP contribution is 2.31. The first kappa shape index (κ1) is 17.7. The van der Waals surface area contributed by atoms with Crippen molar-refractivity contribution in [3.63, 3.8) is 0 Å². The average Bonchev–Trinajstić information content (AvgIpc) is 3.08. The molecule has 2 aromatic carbocycles. The van der Waals surface area contributed by atoms with Crippen LogP contribution in [0.2, 0.25) is 0 Å². The van der Waals surface area contributed by atoms with Crippen molar-refractivity contribution in [1.82, 2.24) is 14.4 Å². The summed E-state index contributed by atoms with van der Waals surface area (Å²) in [6, 6.07) is 13.1. The lowest BCUT2D eigenvalue weighted by Crippen LogP contribution is -2.04. The van der Waals surface area contributed by atoms with Crippen molar-refractivity contribution >= 4 is 23.1 Å². The van der Waals surface area contributed by atoms with Gasteiger partial charge in [0.1, 0.15) is 17.3 Å². The summed E-state index contributed by atoms with van der Waals surface area (Å²) >= 11 is 0. The Hall–Kier alpha value is -3.74. The predicted molar refractivity (Wildman–Crippen MR) is 104 cm³/mol. The summed E-state index contributed by atoms with van der Waals surface area (Å²) in [5.41, 5.74) is 3.36. The number of esters is 1. The zero-order chi connectivity index (χ0) is 19.5. The van der Waals surface area contributed by atoms with Crippen LogP contribution < -0.4 is 5.32 Å². The molecule has 0 spiro atoms. The van der Waals surface area contributed by atoms with Gasteiger partial charge >= 0.3 is 5.97 Å². The summed E-state index contributed by atoms with van der Waals surface area (Å²) in [5.74, 6) is 0.0491. The maximum absolute atomic E-state index is 13.3. The van der Waals surface area contributed by atoms with E-state index in [1.165, 1.54) is 12.1 Å². The van der Waals surface area contributed by atoms with Crippen LogP contribution in [0.1, 0.15) is 17.3 Å². The molecule has 140 valence electrons. The third kappa shape index (κ3) is 3.42. The van der Waals surface area contributed by atoms with Gasteiger partial charge in [0, 0.05) is 23.6 Å². The third-order valence-corrected chi connectivity index (χ3v) is 4.21. The van der Waals surface area contributed by atoms with Gasteiger partial charge in [-0.2, -0.15) is 0 Å². The first-order valence-electron chi connectivity index (χ1n) is 8.78. The molecule has 0 atom stereocenters. The van der Waals surface area contributed by atoms with Crippen LogP contribution in [0.4, 0.5) is 15.9 Å². The van der Waals surface area contributed by atoms with E-state index in [0.717, 1.165) is 11.3 Å². The fraction of sp³-hybridized carbons (Fsp3) is 0.0952. The molecule has 0 unspecified atom stereocenters. The van der Waals surface area contributed by atoms with Gasteiger partial charge in [0.2, 0.25) is 0 Å². The monoisotopic (exact) mass is 376 g/mol. The minimum Gasteiger partial charge on any atom is -0.462 e. The number of hydrogen-bond acceptors (Lipinski definition) is 5. The molecule has 1 N–H and O–H groups in total. The predicted octanol–water partition coefficient (Wildman–Crippen LogP) is 4.46. The lowest BCUT2D eigenvalue weighted by Gasteiger charge is -2.10. The molecule has 0 aliphatic carbocycles. The van der Waals surface area contributed by atoms with E-state index in [9.17, 15) is 9.18 Å². The molecular weight excluding hydrogens is 359 g/mol. The maximum atomic E-state index is 13.3. The number of carbonyl (C=O) groups excluding carboxylic acids is 1. The number of carbonyl (C=O) groups is 1. The van der Waals surface area contributed by atoms with Crippen molar-refractivity contribution in [2.45, 2.75) is 6.92 Å². The second-order valence-electron chi connectivity index (χ2n) is 6.04. The molecule has 0 aliphatic rings. The highest BCUT2D eigenvalue weighted by atomic mass is 19.1. The Morgan fingerprint density at radius 2 is 1.89 bits per heavy atom. The first-order valence-corrected chi connectivity index (χ1v) is 8.78. The summed E-state index contributed by atoms with van der Waals surface area (Å²) in [6.45, 7) is 2.10. The van der Waals surface area contributed by atoms with E-state index in [-0.39, 0.29) is 11.8 Å². The normalized spacial score (nSPS) is 10.8. The summed E-state index contributed by atoms with van der Waals surface area (Å²) in [6.07, 6.45) is 5.12. The van der Waals surface area contributed by atoms with Crippen LogP contribution in [0.5, 0.6) is 0 Å². The number of rotatable bonds is 5. The van der Waals surface area contributed by atoms with Crippen LogP contribution in [0.15, 0.2) is 67.1 Å². The molecule has 2 aromatic heterocycles. The summed E-state index contributed by atoms with van der Waals surface area (Å²) < 4.78 is 20.2. The van der Waals surface area contributed by atoms with Crippen LogP contribution in [0, 0.1) is 5.82 Å². The molecule has 4 aromatic rings. The molecule has 2 heterocycles. The van der Waals surface area contributed by atoms with E-state index in [1.54, 1.807) is 61.9 Å². The Balaban J connectivity index is 1.72. The summed E-state index contributed by atoms with van der Waals surface area (Å²) in [7, 11) is 0. The Labute approximate surface area is 160 Å². The van der Waals surface area contributed by atoms with Gasteiger partial charge in [-0.25, -0.2) is 14.2 Å². The van der Waals surface area contributed by atoms with Gasteiger partial charge in [0.05, 0.1) is 18.4 Å². The van der Waals surface area contributed by atoms with Crippen molar-refractivity contribution < 1.29 is 13.9 Å². The number of nitrogens with one attached hydrogen (secondary N) is 1. The third-order valence-electron chi connectivity index (χ3n) is 4.21. The van der Waals surface area contributed by atoms with Crippen molar-refractivity contribution in [3.05, 3.63) is 78.5 Å². The molecular formula is C21H17FN4O2. The Kier molecular flexibility index (Phi) is 4.72. The van der Waals surface area contributed by atoms with E-state index in [1.807, 2.05) is 4.40 Å². The van der Waals surface area contributed by atoms with Crippen LogP contribution in [0.3, 0.4) is 0 Å². The Bertz CT molecular complexity index is 1120. The van der Waals surface area contributed by atoms with Crippen LogP contribution in [-0.2, 0) is 4.74 Å². The molecule has 7 heteroatoms. The molecule has 0 radical (unpaired) electrons. The zero-order valence-electron chi connectivity index (χ0n) is 15.1. The first-order chi connectivity index (χ1) is 13.7. The molecule has 28 heavy (non-hydrogen) atoms. The smallest absolute Gasteiger partial charge is 0.338 e. The SMILES string of the molecule is CCOC(=O)c1ccc(Nc2c(-c3ccc(F)cc3)nc3cnccn23)cc1. The van der Waals surface area contributed by atoms with Gasteiger partial charge in [0.25, 0.3) is 0 Å². The molecule has 6 nitrogen and oxygen atoms in total. The molecule has 0 fully saturated rings. The van der Waals surface area contributed by atoms with Gasteiger partial charge in [-0.3, -0.25) is 9.38 Å². The van der Waals surface area contributed by atoms with E-state index in [2.05, 4.69) is 15.3 Å². The summed E-state index contributed by atoms with van der Waals surface area (Å²) in [4.78, 5) is 20.5. The van der Waals surface area contributed by atoms with Gasteiger partial charge < -0.3 is 10.1 Å². The van der Waals surface area contributed by atoms with E-state index < -0.39 is 0 Å². The lowest BCUT2D eigenvalue weighted by molar-refractivity contribution is 0.0526. The van der Waals surface area contributed by atoms with E-state index >= 15 is 0 Å². The molecule has 0 amide bonds. The lowest BCUT2D eigenvalue weighted by atomic mass is 10.1. The average molecular weight is 376 g/mol. The molecule has 0 bridgehead atoms. The van der Waals surface area contributed by atoms with Gasteiger partial charge in [-0.05, 0) is 55.5 Å². The van der Waals surface area contributed by atoms with Gasteiger partial charge in [-0.1, -0.05) is 0 Å². The number of benzene rings is 2. The number of fused-ring (bicyclic) bond motifs is 1. The highest BCUT2D eigenvalue weighted by Gasteiger charge is 2.15. The second kappa shape index (κ2) is 7.48. The van der Waals surface area contributed by atoms with Crippen LogP contribution in [-0.4, -0.2) is 26.9 Å². The number of imidazole rings is 1. The number of hydrogen-bond donors (Lipinski definition) is 1. The van der Waals surface area contributed by atoms with Crippen LogP contribution in [0.25, 0.3) is 16.9 Å². The minimum absolute atomic E-state index is 0.307. The number of halogens is 1. The second-order valence-corrected chi connectivity index (χ2v) is 6.04. The number of nitrogens with zero attached hydrogens (tertiary/aromatic N) is 3. The Morgan fingerprint density at radius 1 is 1.14 bits per heavy atom. The molecule has 0 aliphatic heterocycles.